The van der Waals surface area contributed by atoms with Gasteiger partial charge in [0.05, 0.1) is 6.10 Å². The van der Waals surface area contributed by atoms with Crippen molar-refractivity contribution in [1.29, 1.82) is 0 Å². The average molecular weight is 369 g/mol. The molecule has 27 heavy (non-hydrogen) atoms. The van der Waals surface area contributed by atoms with Gasteiger partial charge in [-0.15, -0.1) is 0 Å². The molecule has 1 N–H and O–H groups in total. The lowest BCUT2D eigenvalue weighted by Gasteiger charge is -2.35. The van der Waals surface area contributed by atoms with Crippen LogP contribution >= 0.6 is 0 Å². The largest absolute Gasteiger partial charge is 0.483 e. The summed E-state index contributed by atoms with van der Waals surface area (Å²) in [7, 11) is 0. The Labute approximate surface area is 160 Å². The highest BCUT2D eigenvalue weighted by molar-refractivity contribution is 5.78. The van der Waals surface area contributed by atoms with Crippen LogP contribution in [0.5, 0.6) is 5.75 Å². The van der Waals surface area contributed by atoms with Crippen LogP contribution in [0.3, 0.4) is 0 Å². The molecule has 1 saturated heterocycles. The van der Waals surface area contributed by atoms with Crippen molar-refractivity contribution in [2.24, 2.45) is 0 Å². The lowest BCUT2D eigenvalue weighted by Crippen LogP contribution is -2.50. The minimum Gasteiger partial charge on any atom is -0.483 e. The van der Waals surface area contributed by atoms with Crippen molar-refractivity contribution in [2.45, 2.75) is 20.0 Å². The summed E-state index contributed by atoms with van der Waals surface area (Å²) in [6.45, 7) is 7.42. The van der Waals surface area contributed by atoms with Crippen molar-refractivity contribution in [2.75, 3.05) is 39.3 Å². The van der Waals surface area contributed by atoms with Crippen LogP contribution in [0.2, 0.25) is 0 Å². The van der Waals surface area contributed by atoms with E-state index < -0.39 is 6.10 Å². The molecule has 2 aromatic rings. The zero-order chi connectivity index (χ0) is 19.2. The summed E-state index contributed by atoms with van der Waals surface area (Å²) >= 11 is 0. The van der Waals surface area contributed by atoms with Gasteiger partial charge in [-0.3, -0.25) is 14.7 Å². The number of amides is 1. The zero-order valence-electron chi connectivity index (χ0n) is 16.0. The predicted octanol–water partition coefficient (Wildman–Crippen LogP) is 1.96. The lowest BCUT2D eigenvalue weighted by atomic mass is 10.1. The van der Waals surface area contributed by atoms with Gasteiger partial charge >= 0.3 is 0 Å². The molecule has 1 aliphatic heterocycles. The van der Waals surface area contributed by atoms with E-state index >= 15 is 0 Å². The van der Waals surface area contributed by atoms with Gasteiger partial charge in [-0.05, 0) is 37.1 Å². The number of hydrogen-bond donors (Lipinski definition) is 1. The maximum absolute atomic E-state index is 12.4. The number of carbonyl (C=O) groups excluding carboxylic acids is 1. The third-order valence-electron chi connectivity index (χ3n) is 5.13. The van der Waals surface area contributed by atoms with Crippen molar-refractivity contribution in [3.05, 3.63) is 59.4 Å². The summed E-state index contributed by atoms with van der Waals surface area (Å²) in [5.41, 5.74) is 3.04. The van der Waals surface area contributed by atoms with E-state index in [4.69, 9.17) is 4.74 Å². The minimum absolute atomic E-state index is 0.00311. The van der Waals surface area contributed by atoms with E-state index in [2.05, 4.69) is 9.88 Å². The fraction of sp³-hybridized carbons (Fsp3) is 0.429. The molecule has 0 saturated carbocycles. The van der Waals surface area contributed by atoms with Crippen LogP contribution in [-0.4, -0.2) is 65.1 Å². The number of pyridine rings is 1. The van der Waals surface area contributed by atoms with Gasteiger partial charge in [0.15, 0.2) is 6.61 Å². The van der Waals surface area contributed by atoms with Crippen molar-refractivity contribution < 1.29 is 14.6 Å². The minimum atomic E-state index is -0.561. The second-order valence-corrected chi connectivity index (χ2v) is 6.97. The molecule has 1 aliphatic rings. The number of aliphatic hydroxyl groups is 1. The predicted molar refractivity (Wildman–Crippen MR) is 104 cm³/mol. The van der Waals surface area contributed by atoms with Crippen LogP contribution in [0.4, 0.5) is 0 Å². The number of piperazine rings is 1. The SMILES string of the molecule is Cc1cccc(OCC(=O)N2CCN(C[C@H](O)c3cccnc3)CC2)c1C. The van der Waals surface area contributed by atoms with E-state index in [1.54, 1.807) is 12.4 Å². The van der Waals surface area contributed by atoms with E-state index in [0.29, 0.717) is 19.6 Å². The van der Waals surface area contributed by atoms with Gasteiger partial charge in [0, 0.05) is 50.7 Å². The van der Waals surface area contributed by atoms with Crippen molar-refractivity contribution in [3.8, 4) is 5.75 Å². The summed E-state index contributed by atoms with van der Waals surface area (Å²) in [5, 5.41) is 10.3. The van der Waals surface area contributed by atoms with E-state index in [1.807, 2.05) is 49.1 Å². The Morgan fingerprint density at radius 2 is 1.96 bits per heavy atom. The smallest absolute Gasteiger partial charge is 0.260 e. The molecule has 1 amide bonds. The van der Waals surface area contributed by atoms with Crippen LogP contribution in [0.1, 0.15) is 22.8 Å². The highest BCUT2D eigenvalue weighted by Crippen LogP contribution is 2.20. The first kappa shape index (κ1) is 19.3. The molecule has 0 spiro atoms. The normalized spacial score (nSPS) is 16.2. The number of nitrogens with zero attached hydrogens (tertiary/aromatic N) is 3. The summed E-state index contributed by atoms with van der Waals surface area (Å²) in [5.74, 6) is 0.768. The van der Waals surface area contributed by atoms with Gasteiger partial charge < -0.3 is 14.7 Å². The van der Waals surface area contributed by atoms with Gasteiger partial charge in [0.25, 0.3) is 5.91 Å². The third-order valence-corrected chi connectivity index (χ3v) is 5.13. The Kier molecular flexibility index (Phi) is 6.42. The fourth-order valence-electron chi connectivity index (χ4n) is 3.21. The quantitative estimate of drug-likeness (QED) is 0.843. The van der Waals surface area contributed by atoms with Gasteiger partial charge in [0.2, 0.25) is 0 Å². The Morgan fingerprint density at radius 3 is 2.67 bits per heavy atom. The number of hydrogen-bond acceptors (Lipinski definition) is 5. The molecular weight excluding hydrogens is 342 g/mol. The maximum atomic E-state index is 12.4. The molecule has 1 aromatic carbocycles. The molecule has 3 rings (SSSR count). The molecule has 1 atom stereocenters. The molecule has 1 fully saturated rings. The number of aromatic nitrogens is 1. The van der Waals surface area contributed by atoms with Gasteiger partial charge in [-0.2, -0.15) is 0 Å². The Bertz CT molecular complexity index is 759. The maximum Gasteiger partial charge on any atom is 0.260 e. The number of aryl methyl sites for hydroxylation is 1. The highest BCUT2D eigenvalue weighted by atomic mass is 16.5. The highest BCUT2D eigenvalue weighted by Gasteiger charge is 2.23. The molecule has 2 heterocycles. The number of benzene rings is 1. The molecule has 0 bridgehead atoms. The second kappa shape index (κ2) is 8.97. The average Bonchev–Trinajstić information content (AvgIpc) is 2.70. The van der Waals surface area contributed by atoms with Crippen LogP contribution in [0, 0.1) is 13.8 Å². The first-order valence-corrected chi connectivity index (χ1v) is 9.31. The summed E-state index contributed by atoms with van der Waals surface area (Å²) in [6, 6.07) is 9.57. The summed E-state index contributed by atoms with van der Waals surface area (Å²) < 4.78 is 5.73. The number of β-amino-alcohol motifs (C(OH)–C–C–N with tert-alkyl or cyclic N) is 1. The molecule has 144 valence electrons. The Balaban J connectivity index is 1.44. The number of ether oxygens (including phenoxy) is 1. The van der Waals surface area contributed by atoms with Gasteiger partial charge in [-0.25, -0.2) is 0 Å². The van der Waals surface area contributed by atoms with E-state index in [-0.39, 0.29) is 12.5 Å². The molecule has 6 nitrogen and oxygen atoms in total. The van der Waals surface area contributed by atoms with E-state index in [9.17, 15) is 9.90 Å². The lowest BCUT2D eigenvalue weighted by molar-refractivity contribution is -0.135. The number of rotatable bonds is 6. The van der Waals surface area contributed by atoms with E-state index in [1.165, 1.54) is 0 Å². The first-order valence-electron chi connectivity index (χ1n) is 9.31. The number of aliphatic hydroxyl groups excluding tert-OH is 1. The van der Waals surface area contributed by atoms with E-state index in [0.717, 1.165) is 35.5 Å². The van der Waals surface area contributed by atoms with Gasteiger partial charge in [-0.1, -0.05) is 18.2 Å². The second-order valence-electron chi connectivity index (χ2n) is 6.97. The van der Waals surface area contributed by atoms with Crippen molar-refractivity contribution in [1.82, 2.24) is 14.8 Å². The van der Waals surface area contributed by atoms with Crippen LogP contribution in [-0.2, 0) is 4.79 Å². The van der Waals surface area contributed by atoms with Crippen LogP contribution < -0.4 is 4.74 Å². The third kappa shape index (κ3) is 5.05. The Hall–Kier alpha value is -2.44. The van der Waals surface area contributed by atoms with Gasteiger partial charge in [0.1, 0.15) is 5.75 Å². The molecule has 0 unspecified atom stereocenters. The van der Waals surface area contributed by atoms with Crippen LogP contribution in [0.15, 0.2) is 42.7 Å². The fourth-order valence-corrected chi connectivity index (χ4v) is 3.21. The molecule has 6 heteroatoms. The van der Waals surface area contributed by atoms with Crippen molar-refractivity contribution >= 4 is 5.91 Å². The zero-order valence-corrected chi connectivity index (χ0v) is 16.0. The first-order chi connectivity index (χ1) is 13.0. The topological polar surface area (TPSA) is 65.9 Å². The summed E-state index contributed by atoms with van der Waals surface area (Å²) in [6.07, 6.45) is 2.82. The summed E-state index contributed by atoms with van der Waals surface area (Å²) in [4.78, 5) is 20.5. The molecule has 0 radical (unpaired) electrons. The van der Waals surface area contributed by atoms with Crippen LogP contribution in [0.25, 0.3) is 0 Å². The molecule has 0 aliphatic carbocycles. The standard InChI is InChI=1S/C21H27N3O3/c1-16-5-3-7-20(17(16)2)27-15-21(26)24-11-9-23(10-12-24)14-19(25)18-6-4-8-22-13-18/h3-8,13,19,25H,9-12,14-15H2,1-2H3/t19-/m0/s1. The van der Waals surface area contributed by atoms with Crippen molar-refractivity contribution in [3.63, 3.8) is 0 Å². The Morgan fingerprint density at radius 1 is 1.19 bits per heavy atom. The molecular formula is C21H27N3O3. The monoisotopic (exact) mass is 369 g/mol. The molecule has 1 aromatic heterocycles. The number of carbonyl (C=O) groups is 1.